The number of unbranched alkanes of at least 4 members (excludes halogenated alkanes) is 30. The van der Waals surface area contributed by atoms with Crippen LogP contribution in [0.3, 0.4) is 0 Å². The fraction of sp³-hybridized carbons (Fsp3) is 0.833. The van der Waals surface area contributed by atoms with Crippen LogP contribution in [0, 0.1) is 0 Å². The molecule has 6 heteroatoms. The van der Waals surface area contributed by atoms with Gasteiger partial charge in [0.1, 0.15) is 13.2 Å². The lowest BCUT2D eigenvalue weighted by Crippen LogP contribution is -2.30. The third-order valence-electron chi connectivity index (χ3n) is 11.4. The highest BCUT2D eigenvalue weighted by atomic mass is 16.6. The Balaban J connectivity index is 4.15. The number of hydrogen-bond donors (Lipinski definition) is 0. The fourth-order valence-corrected chi connectivity index (χ4v) is 7.45. The molecule has 0 N–H and O–H groups in total. The van der Waals surface area contributed by atoms with E-state index in [0.717, 1.165) is 77.0 Å². The van der Waals surface area contributed by atoms with Crippen LogP contribution in [0.5, 0.6) is 0 Å². The number of ether oxygens (including phenoxy) is 3. The summed E-state index contributed by atoms with van der Waals surface area (Å²) in [6.45, 7) is 6.58. The Morgan fingerprint density at radius 3 is 0.933 bits per heavy atom. The molecule has 0 fully saturated rings. The predicted molar refractivity (Wildman–Crippen MR) is 256 cm³/mol. The van der Waals surface area contributed by atoms with E-state index in [9.17, 15) is 14.4 Å². The van der Waals surface area contributed by atoms with Crippen molar-refractivity contribution >= 4 is 17.9 Å². The molecule has 60 heavy (non-hydrogen) atoms. The molecule has 0 aliphatic carbocycles. The molecule has 1 unspecified atom stereocenters. The monoisotopic (exact) mass is 843 g/mol. The van der Waals surface area contributed by atoms with Crippen molar-refractivity contribution < 1.29 is 28.6 Å². The molecule has 0 rings (SSSR count). The van der Waals surface area contributed by atoms with Gasteiger partial charge in [-0.1, -0.05) is 231 Å². The average Bonchev–Trinajstić information content (AvgIpc) is 3.24. The maximum Gasteiger partial charge on any atom is 0.306 e. The first-order chi connectivity index (χ1) is 29.5. The van der Waals surface area contributed by atoms with Gasteiger partial charge in [0.15, 0.2) is 6.10 Å². The molecule has 0 aromatic rings. The smallest absolute Gasteiger partial charge is 0.306 e. The zero-order valence-electron chi connectivity index (χ0n) is 40.0. The molecule has 0 heterocycles. The molecule has 0 spiro atoms. The van der Waals surface area contributed by atoms with Gasteiger partial charge in [-0.25, -0.2) is 0 Å². The van der Waals surface area contributed by atoms with Crippen molar-refractivity contribution in [2.45, 2.75) is 277 Å². The van der Waals surface area contributed by atoms with Gasteiger partial charge in [0.2, 0.25) is 0 Å². The van der Waals surface area contributed by atoms with E-state index in [1.54, 1.807) is 0 Å². The molecule has 1 atom stereocenters. The third kappa shape index (κ3) is 46.7. The Morgan fingerprint density at radius 1 is 0.333 bits per heavy atom. The van der Waals surface area contributed by atoms with E-state index in [2.05, 4.69) is 57.2 Å². The summed E-state index contributed by atoms with van der Waals surface area (Å²) in [7, 11) is 0. The zero-order chi connectivity index (χ0) is 43.7. The van der Waals surface area contributed by atoms with E-state index >= 15 is 0 Å². The largest absolute Gasteiger partial charge is 0.462 e. The Labute approximate surface area is 372 Å². The second-order valence-electron chi connectivity index (χ2n) is 17.4. The lowest BCUT2D eigenvalue weighted by atomic mass is 10.0. The van der Waals surface area contributed by atoms with Crippen molar-refractivity contribution in [3.63, 3.8) is 0 Å². The lowest BCUT2D eigenvalue weighted by Gasteiger charge is -2.18. The molecule has 0 aromatic carbocycles. The van der Waals surface area contributed by atoms with Gasteiger partial charge < -0.3 is 14.2 Å². The minimum absolute atomic E-state index is 0.0721. The highest BCUT2D eigenvalue weighted by molar-refractivity contribution is 5.71. The first kappa shape index (κ1) is 57.6. The van der Waals surface area contributed by atoms with Crippen molar-refractivity contribution in [1.29, 1.82) is 0 Å². The van der Waals surface area contributed by atoms with Gasteiger partial charge in [-0.2, -0.15) is 0 Å². The highest BCUT2D eigenvalue weighted by Crippen LogP contribution is 2.15. The van der Waals surface area contributed by atoms with Crippen LogP contribution in [0.25, 0.3) is 0 Å². The molecular formula is C54H98O6. The highest BCUT2D eigenvalue weighted by Gasteiger charge is 2.19. The minimum atomic E-state index is -0.767. The van der Waals surface area contributed by atoms with E-state index in [0.29, 0.717) is 19.3 Å². The summed E-state index contributed by atoms with van der Waals surface area (Å²) in [5.41, 5.74) is 0. The lowest BCUT2D eigenvalue weighted by molar-refractivity contribution is -0.167. The Hall–Kier alpha value is -2.37. The Bertz CT molecular complexity index is 1020. The van der Waals surface area contributed by atoms with Crippen molar-refractivity contribution in [1.82, 2.24) is 0 Å². The summed E-state index contributed by atoms with van der Waals surface area (Å²) in [5.74, 6) is -0.880. The SMILES string of the molecule is CCCCCCC/C=C\C/C=C\C/C=C\CCCCCCCCCCC(=O)OCC(COC(=O)CCCCCCCC)OC(=O)CCCCCCCCCCCCCCC. The number of carbonyl (C=O) groups excluding carboxylic acids is 3. The fourth-order valence-electron chi connectivity index (χ4n) is 7.45. The molecule has 0 aliphatic rings. The predicted octanol–water partition coefficient (Wildman–Crippen LogP) is 16.9. The molecule has 0 saturated heterocycles. The van der Waals surface area contributed by atoms with Gasteiger partial charge in [0.25, 0.3) is 0 Å². The van der Waals surface area contributed by atoms with Gasteiger partial charge in [0.05, 0.1) is 0 Å². The molecule has 0 aromatic heterocycles. The van der Waals surface area contributed by atoms with E-state index in [1.807, 2.05) is 0 Å². The van der Waals surface area contributed by atoms with E-state index < -0.39 is 6.10 Å². The van der Waals surface area contributed by atoms with Crippen LogP contribution in [0.15, 0.2) is 36.5 Å². The van der Waals surface area contributed by atoms with Crippen molar-refractivity contribution in [2.24, 2.45) is 0 Å². The van der Waals surface area contributed by atoms with Crippen LogP contribution < -0.4 is 0 Å². The van der Waals surface area contributed by atoms with Crippen molar-refractivity contribution in [3.05, 3.63) is 36.5 Å². The molecule has 0 saturated carbocycles. The Morgan fingerprint density at radius 2 is 0.600 bits per heavy atom. The first-order valence-corrected chi connectivity index (χ1v) is 26.0. The van der Waals surface area contributed by atoms with E-state index in [1.165, 1.54) is 154 Å². The average molecular weight is 843 g/mol. The molecule has 0 aliphatic heterocycles. The summed E-state index contributed by atoms with van der Waals surface area (Å²) in [6, 6.07) is 0. The Kier molecular flexibility index (Phi) is 47.3. The van der Waals surface area contributed by atoms with E-state index in [4.69, 9.17) is 14.2 Å². The van der Waals surface area contributed by atoms with E-state index in [-0.39, 0.29) is 31.1 Å². The second-order valence-corrected chi connectivity index (χ2v) is 17.4. The topological polar surface area (TPSA) is 78.9 Å². The molecule has 0 bridgehead atoms. The van der Waals surface area contributed by atoms with Gasteiger partial charge in [-0.3, -0.25) is 14.4 Å². The van der Waals surface area contributed by atoms with Crippen LogP contribution in [0.4, 0.5) is 0 Å². The summed E-state index contributed by atoms with van der Waals surface area (Å²) in [4.78, 5) is 37.7. The third-order valence-corrected chi connectivity index (χ3v) is 11.4. The summed E-state index contributed by atoms with van der Waals surface area (Å²) in [5, 5.41) is 0. The van der Waals surface area contributed by atoms with Crippen LogP contribution in [-0.2, 0) is 28.6 Å². The van der Waals surface area contributed by atoms with Gasteiger partial charge in [-0.05, 0) is 57.8 Å². The van der Waals surface area contributed by atoms with Crippen LogP contribution in [-0.4, -0.2) is 37.2 Å². The standard InChI is InChI=1S/C54H98O6/c1-4-7-10-13-16-18-20-22-23-24-25-26-27-28-29-30-31-33-34-36-38-41-44-47-53(56)59-50-51(49-58-52(55)46-43-40-15-12-9-6-3)60-54(57)48-45-42-39-37-35-32-21-19-17-14-11-8-5-2/h20,22,24-25,27-28,51H,4-19,21,23,26,29-50H2,1-3H3/b22-20-,25-24-,28-27-. The number of rotatable bonds is 47. The maximum atomic E-state index is 12.7. The number of allylic oxidation sites excluding steroid dienone is 6. The summed E-state index contributed by atoms with van der Waals surface area (Å²) < 4.78 is 16.7. The molecular weight excluding hydrogens is 745 g/mol. The number of carbonyl (C=O) groups is 3. The quantitative estimate of drug-likeness (QED) is 0.0263. The number of esters is 3. The first-order valence-electron chi connectivity index (χ1n) is 26.0. The summed E-state index contributed by atoms with van der Waals surface area (Å²) >= 11 is 0. The molecule has 0 radical (unpaired) electrons. The number of hydrogen-bond acceptors (Lipinski definition) is 6. The van der Waals surface area contributed by atoms with Crippen LogP contribution >= 0.6 is 0 Å². The minimum Gasteiger partial charge on any atom is -0.462 e. The van der Waals surface area contributed by atoms with Gasteiger partial charge in [-0.15, -0.1) is 0 Å². The van der Waals surface area contributed by atoms with Crippen LogP contribution in [0.1, 0.15) is 271 Å². The summed E-state index contributed by atoms with van der Waals surface area (Å²) in [6.07, 6.45) is 57.3. The van der Waals surface area contributed by atoms with Crippen LogP contribution in [0.2, 0.25) is 0 Å². The second kappa shape index (κ2) is 49.3. The molecule has 0 amide bonds. The van der Waals surface area contributed by atoms with Gasteiger partial charge >= 0.3 is 17.9 Å². The molecule has 6 nitrogen and oxygen atoms in total. The van der Waals surface area contributed by atoms with Gasteiger partial charge in [0, 0.05) is 19.3 Å². The van der Waals surface area contributed by atoms with Crippen molar-refractivity contribution in [3.8, 4) is 0 Å². The normalized spacial score (nSPS) is 12.2. The maximum absolute atomic E-state index is 12.7. The molecule has 350 valence electrons. The zero-order valence-corrected chi connectivity index (χ0v) is 40.0. The van der Waals surface area contributed by atoms with Crippen molar-refractivity contribution in [2.75, 3.05) is 13.2 Å².